The number of phenols is 1. The Labute approximate surface area is 96.9 Å². The molecule has 0 bridgehead atoms. The molecule has 0 radical (unpaired) electrons. The molecule has 0 unspecified atom stereocenters. The van der Waals surface area contributed by atoms with E-state index in [2.05, 4.69) is 0 Å². The molecule has 0 aromatic heterocycles. The number of fused-ring (bicyclic) bond motifs is 1. The van der Waals surface area contributed by atoms with E-state index >= 15 is 0 Å². The number of hydrogen-bond donors (Lipinski definition) is 2. The van der Waals surface area contributed by atoms with Crippen LogP contribution in [0.15, 0.2) is 30.3 Å². The summed E-state index contributed by atoms with van der Waals surface area (Å²) in [6.07, 6.45) is 0. The molecule has 2 rings (SSSR count). The van der Waals surface area contributed by atoms with E-state index in [0.717, 1.165) is 10.9 Å². The van der Waals surface area contributed by atoms with Gasteiger partial charge in [-0.15, -0.1) is 11.6 Å². The Bertz CT molecular complexity index is 563. The van der Waals surface area contributed by atoms with Crippen molar-refractivity contribution in [3.05, 3.63) is 41.5 Å². The van der Waals surface area contributed by atoms with E-state index in [4.69, 9.17) is 16.7 Å². The third-order valence-electron chi connectivity index (χ3n) is 2.50. The minimum atomic E-state index is -1.14. The Morgan fingerprint density at radius 3 is 2.56 bits per heavy atom. The molecule has 0 saturated heterocycles. The summed E-state index contributed by atoms with van der Waals surface area (Å²) in [5.41, 5.74) is 0.769. The average Bonchev–Trinajstić information content (AvgIpc) is 2.28. The minimum absolute atomic E-state index is 0.0979. The summed E-state index contributed by atoms with van der Waals surface area (Å²) in [6.45, 7) is 0. The number of halogens is 1. The molecule has 0 heterocycles. The topological polar surface area (TPSA) is 57.5 Å². The highest BCUT2D eigenvalue weighted by molar-refractivity contribution is 6.18. The summed E-state index contributed by atoms with van der Waals surface area (Å²) >= 11 is 5.76. The number of aromatic hydroxyl groups is 1. The van der Waals surface area contributed by atoms with Crippen LogP contribution in [-0.2, 0) is 5.88 Å². The molecule has 2 N–H and O–H groups in total. The van der Waals surface area contributed by atoms with E-state index in [9.17, 15) is 9.90 Å². The molecule has 0 aliphatic rings. The number of rotatable bonds is 2. The van der Waals surface area contributed by atoms with Gasteiger partial charge in [0.1, 0.15) is 11.3 Å². The van der Waals surface area contributed by atoms with E-state index in [1.165, 1.54) is 6.07 Å². The monoisotopic (exact) mass is 236 g/mol. The summed E-state index contributed by atoms with van der Waals surface area (Å²) in [4.78, 5) is 10.8. The van der Waals surface area contributed by atoms with Gasteiger partial charge in [-0.1, -0.05) is 24.3 Å². The van der Waals surface area contributed by atoms with Gasteiger partial charge in [-0.2, -0.15) is 0 Å². The highest BCUT2D eigenvalue weighted by atomic mass is 35.5. The zero-order chi connectivity index (χ0) is 11.7. The first kappa shape index (κ1) is 10.8. The Morgan fingerprint density at radius 1 is 1.19 bits per heavy atom. The second kappa shape index (κ2) is 4.02. The molecule has 4 heteroatoms. The van der Waals surface area contributed by atoms with Gasteiger partial charge in [-0.25, -0.2) is 4.79 Å². The quantitative estimate of drug-likeness (QED) is 0.788. The maximum Gasteiger partial charge on any atom is 0.339 e. The van der Waals surface area contributed by atoms with Gasteiger partial charge >= 0.3 is 5.97 Å². The van der Waals surface area contributed by atoms with Crippen LogP contribution < -0.4 is 0 Å². The molecule has 2 aromatic rings. The van der Waals surface area contributed by atoms with Crippen LogP contribution in [0.2, 0.25) is 0 Å². The lowest BCUT2D eigenvalue weighted by Gasteiger charge is -2.07. The molecule has 0 saturated carbocycles. The lowest BCUT2D eigenvalue weighted by atomic mass is 10.0. The van der Waals surface area contributed by atoms with Crippen molar-refractivity contribution in [2.45, 2.75) is 5.88 Å². The van der Waals surface area contributed by atoms with Gasteiger partial charge in [0.2, 0.25) is 0 Å². The lowest BCUT2D eigenvalue weighted by molar-refractivity contribution is 0.0694. The molecule has 3 nitrogen and oxygen atoms in total. The molecule has 0 atom stereocenters. The fraction of sp³-hybridized carbons (Fsp3) is 0.0833. The second-order valence-corrected chi connectivity index (χ2v) is 3.68. The summed E-state index contributed by atoms with van der Waals surface area (Å²) in [5, 5.41) is 20.0. The van der Waals surface area contributed by atoms with Crippen molar-refractivity contribution in [3.63, 3.8) is 0 Å². The first-order chi connectivity index (χ1) is 7.65. The van der Waals surface area contributed by atoms with E-state index in [0.29, 0.717) is 11.3 Å². The van der Waals surface area contributed by atoms with Crippen LogP contribution in [0.4, 0.5) is 0 Å². The van der Waals surface area contributed by atoms with Crippen molar-refractivity contribution in [2.24, 2.45) is 0 Å². The third kappa shape index (κ3) is 1.59. The number of hydrogen-bond acceptors (Lipinski definition) is 2. The molecule has 0 fully saturated rings. The number of carbonyl (C=O) groups is 1. The summed E-state index contributed by atoms with van der Waals surface area (Å²) in [5.74, 6) is -1.03. The average molecular weight is 237 g/mol. The maximum atomic E-state index is 10.8. The third-order valence-corrected chi connectivity index (χ3v) is 2.79. The van der Waals surface area contributed by atoms with Gasteiger partial charge < -0.3 is 10.2 Å². The fourth-order valence-corrected chi connectivity index (χ4v) is 1.93. The Hall–Kier alpha value is -1.74. The predicted octanol–water partition coefficient (Wildman–Crippen LogP) is 2.98. The van der Waals surface area contributed by atoms with Gasteiger partial charge in [0, 0.05) is 11.3 Å². The van der Waals surface area contributed by atoms with Crippen molar-refractivity contribution in [1.82, 2.24) is 0 Å². The maximum absolute atomic E-state index is 10.8. The zero-order valence-corrected chi connectivity index (χ0v) is 9.03. The van der Waals surface area contributed by atoms with E-state index in [1.54, 1.807) is 18.2 Å². The van der Waals surface area contributed by atoms with Gasteiger partial charge in [-0.05, 0) is 17.0 Å². The van der Waals surface area contributed by atoms with Crippen LogP contribution in [-0.4, -0.2) is 16.2 Å². The van der Waals surface area contributed by atoms with Crippen LogP contribution in [0.3, 0.4) is 0 Å². The normalized spacial score (nSPS) is 10.6. The summed E-state index contributed by atoms with van der Waals surface area (Å²) in [7, 11) is 0. The molecule has 0 aliphatic heterocycles. The molecule has 2 aromatic carbocycles. The number of aromatic carboxylic acids is 1. The summed E-state index contributed by atoms with van der Waals surface area (Å²) in [6, 6.07) is 8.31. The highest BCUT2D eigenvalue weighted by Crippen LogP contribution is 2.31. The van der Waals surface area contributed by atoms with Crippen LogP contribution >= 0.6 is 11.6 Å². The van der Waals surface area contributed by atoms with Crippen LogP contribution in [0.25, 0.3) is 10.8 Å². The minimum Gasteiger partial charge on any atom is -0.506 e. The first-order valence-electron chi connectivity index (χ1n) is 4.68. The van der Waals surface area contributed by atoms with Crippen molar-refractivity contribution < 1.29 is 15.0 Å². The van der Waals surface area contributed by atoms with Crippen LogP contribution in [0.1, 0.15) is 15.9 Å². The Kier molecular flexibility index (Phi) is 2.71. The van der Waals surface area contributed by atoms with Gasteiger partial charge in [-0.3, -0.25) is 0 Å². The molecule has 0 amide bonds. The van der Waals surface area contributed by atoms with Crippen LogP contribution in [0.5, 0.6) is 5.75 Å². The van der Waals surface area contributed by atoms with Gasteiger partial charge in [0.25, 0.3) is 0 Å². The summed E-state index contributed by atoms with van der Waals surface area (Å²) < 4.78 is 0. The van der Waals surface area contributed by atoms with Crippen molar-refractivity contribution in [1.29, 1.82) is 0 Å². The largest absolute Gasteiger partial charge is 0.506 e. The lowest BCUT2D eigenvalue weighted by Crippen LogP contribution is -1.97. The SMILES string of the molecule is O=C(O)c1ccc2c(CCl)cccc2c1O. The van der Waals surface area contributed by atoms with E-state index in [1.807, 2.05) is 6.07 Å². The molecule has 0 aliphatic carbocycles. The van der Waals surface area contributed by atoms with E-state index in [-0.39, 0.29) is 11.3 Å². The smallest absolute Gasteiger partial charge is 0.339 e. The number of carboxylic acid groups (broad SMARTS) is 1. The number of carboxylic acids is 1. The van der Waals surface area contributed by atoms with Crippen molar-refractivity contribution in [2.75, 3.05) is 0 Å². The van der Waals surface area contributed by atoms with Crippen molar-refractivity contribution in [3.8, 4) is 5.75 Å². The van der Waals surface area contributed by atoms with Gasteiger partial charge in [0.05, 0.1) is 0 Å². The molecular formula is C12H9ClO3. The first-order valence-corrected chi connectivity index (χ1v) is 5.21. The highest BCUT2D eigenvalue weighted by Gasteiger charge is 2.13. The molecule has 82 valence electrons. The van der Waals surface area contributed by atoms with Crippen molar-refractivity contribution >= 4 is 28.3 Å². The number of benzene rings is 2. The Balaban J connectivity index is 2.81. The van der Waals surface area contributed by atoms with E-state index < -0.39 is 5.97 Å². The Morgan fingerprint density at radius 2 is 1.94 bits per heavy atom. The standard InChI is InChI=1S/C12H9ClO3/c13-6-7-2-1-3-9-8(7)4-5-10(11(9)14)12(15)16/h1-5,14H,6H2,(H,15,16). The predicted molar refractivity (Wildman–Crippen MR) is 62.1 cm³/mol. The molecular weight excluding hydrogens is 228 g/mol. The second-order valence-electron chi connectivity index (χ2n) is 3.41. The number of alkyl halides is 1. The van der Waals surface area contributed by atoms with Crippen LogP contribution in [0, 0.1) is 0 Å². The van der Waals surface area contributed by atoms with Gasteiger partial charge in [0.15, 0.2) is 0 Å². The zero-order valence-electron chi connectivity index (χ0n) is 8.27. The fourth-order valence-electron chi connectivity index (χ4n) is 1.70. The molecule has 0 spiro atoms. The molecule has 16 heavy (non-hydrogen) atoms.